The fourth-order valence-corrected chi connectivity index (χ4v) is 4.37. The Hall–Kier alpha value is -2.34. The molecule has 5 nitrogen and oxygen atoms in total. The molecule has 4 rings (SSSR count). The maximum atomic E-state index is 13.4. The van der Waals surface area contributed by atoms with Crippen molar-refractivity contribution in [3.63, 3.8) is 0 Å². The third-order valence-electron chi connectivity index (χ3n) is 5.82. The molecule has 0 N–H and O–H groups in total. The summed E-state index contributed by atoms with van der Waals surface area (Å²) in [5, 5.41) is 1.55. The first-order valence-electron chi connectivity index (χ1n) is 10.4. The smallest absolute Gasteiger partial charge is 0.195 e. The van der Waals surface area contributed by atoms with E-state index in [9.17, 15) is 4.79 Å². The molecule has 2 heterocycles. The summed E-state index contributed by atoms with van der Waals surface area (Å²) in [7, 11) is 1.62. The van der Waals surface area contributed by atoms with Crippen molar-refractivity contribution >= 4 is 28.3 Å². The summed E-state index contributed by atoms with van der Waals surface area (Å²) in [6.07, 6.45) is 1.02. The van der Waals surface area contributed by atoms with Crippen molar-refractivity contribution in [1.29, 1.82) is 0 Å². The number of methoxy groups -OCH3 is 1. The van der Waals surface area contributed by atoms with Crippen molar-refractivity contribution < 1.29 is 14.3 Å². The van der Waals surface area contributed by atoms with Crippen molar-refractivity contribution in [2.24, 2.45) is 0 Å². The number of rotatable bonds is 7. The summed E-state index contributed by atoms with van der Waals surface area (Å²) in [4.78, 5) is 15.8. The standard InChI is InChI=1S/C24H27ClN2O3/c1-17-23(24(28)18-4-7-20(29-2)8-5-18)21-16-19(25)6-9-22(21)27(17)11-3-10-26-12-14-30-15-13-26/h4-9,16H,3,10-15H2,1-2H3. The average Bonchev–Trinajstić information content (AvgIpc) is 3.04. The lowest BCUT2D eigenvalue weighted by Crippen LogP contribution is -2.37. The van der Waals surface area contributed by atoms with Crippen LogP contribution in [0.3, 0.4) is 0 Å². The third kappa shape index (κ3) is 4.24. The Morgan fingerprint density at radius 3 is 2.53 bits per heavy atom. The number of hydrogen-bond donors (Lipinski definition) is 0. The van der Waals surface area contributed by atoms with Crippen LogP contribution in [0.5, 0.6) is 5.75 Å². The number of carbonyl (C=O) groups is 1. The van der Waals surface area contributed by atoms with Crippen LogP contribution in [0, 0.1) is 6.92 Å². The van der Waals surface area contributed by atoms with Gasteiger partial charge in [-0.25, -0.2) is 0 Å². The molecule has 3 aromatic rings. The number of aromatic nitrogens is 1. The van der Waals surface area contributed by atoms with Gasteiger partial charge in [-0.3, -0.25) is 9.69 Å². The van der Waals surface area contributed by atoms with E-state index in [1.165, 1.54) is 0 Å². The van der Waals surface area contributed by atoms with Crippen LogP contribution >= 0.6 is 11.6 Å². The van der Waals surface area contributed by atoms with Crippen LogP contribution in [-0.2, 0) is 11.3 Å². The quantitative estimate of drug-likeness (QED) is 0.519. The van der Waals surface area contributed by atoms with Crippen molar-refractivity contribution in [2.45, 2.75) is 19.9 Å². The van der Waals surface area contributed by atoms with Crippen LogP contribution in [0.15, 0.2) is 42.5 Å². The van der Waals surface area contributed by atoms with Crippen LogP contribution < -0.4 is 4.74 Å². The fourth-order valence-electron chi connectivity index (χ4n) is 4.19. The lowest BCUT2D eigenvalue weighted by atomic mass is 10.0. The number of benzene rings is 2. The monoisotopic (exact) mass is 426 g/mol. The van der Waals surface area contributed by atoms with Gasteiger partial charge in [0.1, 0.15) is 5.75 Å². The average molecular weight is 427 g/mol. The van der Waals surface area contributed by atoms with Crippen LogP contribution in [0.25, 0.3) is 10.9 Å². The highest BCUT2D eigenvalue weighted by Crippen LogP contribution is 2.31. The molecule has 158 valence electrons. The summed E-state index contributed by atoms with van der Waals surface area (Å²) >= 11 is 6.29. The van der Waals surface area contributed by atoms with E-state index in [-0.39, 0.29) is 5.78 Å². The zero-order chi connectivity index (χ0) is 21.1. The van der Waals surface area contributed by atoms with Gasteiger partial charge in [0.2, 0.25) is 0 Å². The zero-order valence-electron chi connectivity index (χ0n) is 17.5. The van der Waals surface area contributed by atoms with Gasteiger partial charge in [-0.1, -0.05) is 11.6 Å². The number of aryl methyl sites for hydroxylation is 1. The van der Waals surface area contributed by atoms with Gasteiger partial charge in [0.25, 0.3) is 0 Å². The molecule has 0 unspecified atom stereocenters. The number of morpholine rings is 1. The normalized spacial score (nSPS) is 14.9. The minimum Gasteiger partial charge on any atom is -0.497 e. The van der Waals surface area contributed by atoms with Crippen LogP contribution in [0.1, 0.15) is 28.0 Å². The Morgan fingerprint density at radius 1 is 1.10 bits per heavy atom. The predicted octanol–water partition coefficient (Wildman–Crippen LogP) is 4.57. The van der Waals surface area contributed by atoms with Crippen LogP contribution in [0.4, 0.5) is 0 Å². The first-order chi connectivity index (χ1) is 14.6. The number of fused-ring (bicyclic) bond motifs is 1. The Morgan fingerprint density at radius 2 is 1.83 bits per heavy atom. The molecule has 0 amide bonds. The van der Waals surface area contributed by atoms with Crippen LogP contribution in [0.2, 0.25) is 5.02 Å². The van der Waals surface area contributed by atoms with Gasteiger partial charge in [0, 0.05) is 53.4 Å². The zero-order valence-corrected chi connectivity index (χ0v) is 18.2. The molecule has 2 aromatic carbocycles. The number of carbonyl (C=O) groups excluding carboxylic acids is 1. The number of nitrogens with zero attached hydrogens (tertiary/aromatic N) is 2. The number of halogens is 1. The van der Waals surface area contributed by atoms with E-state index >= 15 is 0 Å². The molecule has 1 aliphatic heterocycles. The van der Waals surface area contributed by atoms with Crippen molar-refractivity contribution in [3.8, 4) is 5.75 Å². The molecule has 1 saturated heterocycles. The molecule has 30 heavy (non-hydrogen) atoms. The minimum absolute atomic E-state index is 0.00866. The highest BCUT2D eigenvalue weighted by molar-refractivity contribution is 6.31. The van der Waals surface area contributed by atoms with Gasteiger partial charge in [-0.05, 0) is 55.8 Å². The summed E-state index contributed by atoms with van der Waals surface area (Å²) < 4.78 is 12.9. The molecule has 0 saturated carbocycles. The molecule has 0 radical (unpaired) electrons. The van der Waals surface area contributed by atoms with Gasteiger partial charge in [0.15, 0.2) is 5.78 Å². The van der Waals surface area contributed by atoms with Gasteiger partial charge in [0.05, 0.1) is 25.9 Å². The first-order valence-corrected chi connectivity index (χ1v) is 10.7. The topological polar surface area (TPSA) is 43.7 Å². The maximum absolute atomic E-state index is 13.4. The third-order valence-corrected chi connectivity index (χ3v) is 6.06. The maximum Gasteiger partial charge on any atom is 0.195 e. The largest absolute Gasteiger partial charge is 0.497 e. The van der Waals surface area contributed by atoms with Gasteiger partial charge < -0.3 is 14.0 Å². The lowest BCUT2D eigenvalue weighted by molar-refractivity contribution is 0.0369. The second-order valence-electron chi connectivity index (χ2n) is 7.64. The predicted molar refractivity (Wildman–Crippen MR) is 120 cm³/mol. The molecule has 0 spiro atoms. The second-order valence-corrected chi connectivity index (χ2v) is 8.08. The number of ketones is 1. The second kappa shape index (κ2) is 9.21. The highest BCUT2D eigenvalue weighted by Gasteiger charge is 2.21. The summed E-state index contributed by atoms with van der Waals surface area (Å²) in [6, 6.07) is 13.1. The van der Waals surface area contributed by atoms with E-state index in [0.29, 0.717) is 10.6 Å². The van der Waals surface area contributed by atoms with Gasteiger partial charge in [-0.15, -0.1) is 0 Å². The van der Waals surface area contributed by atoms with E-state index in [4.69, 9.17) is 21.1 Å². The minimum atomic E-state index is 0.00866. The van der Waals surface area contributed by atoms with E-state index in [1.807, 2.05) is 49.4 Å². The molecule has 1 aromatic heterocycles. The molecule has 1 aliphatic rings. The summed E-state index contributed by atoms with van der Waals surface area (Å²) in [5.74, 6) is 0.742. The van der Waals surface area contributed by atoms with Crippen molar-refractivity contribution in [2.75, 3.05) is 40.0 Å². The van der Waals surface area contributed by atoms with Gasteiger partial charge in [-0.2, -0.15) is 0 Å². The van der Waals surface area contributed by atoms with Crippen LogP contribution in [-0.4, -0.2) is 55.2 Å². The van der Waals surface area contributed by atoms with E-state index in [0.717, 1.165) is 73.7 Å². The van der Waals surface area contributed by atoms with Crippen molar-refractivity contribution in [1.82, 2.24) is 9.47 Å². The molecule has 1 fully saturated rings. The lowest BCUT2D eigenvalue weighted by Gasteiger charge is -2.26. The SMILES string of the molecule is COc1ccc(C(=O)c2c(C)n(CCCN3CCOCC3)c3ccc(Cl)cc23)cc1. The Balaban J connectivity index is 1.64. The van der Waals surface area contributed by atoms with E-state index in [1.54, 1.807) is 7.11 Å². The number of hydrogen-bond acceptors (Lipinski definition) is 4. The van der Waals surface area contributed by atoms with Gasteiger partial charge >= 0.3 is 0 Å². The Kier molecular flexibility index (Phi) is 6.42. The molecule has 0 bridgehead atoms. The summed E-state index contributed by atoms with van der Waals surface area (Å²) in [6.45, 7) is 7.51. The fraction of sp³-hybridized carbons (Fsp3) is 0.375. The molecule has 0 aliphatic carbocycles. The van der Waals surface area contributed by atoms with E-state index < -0.39 is 0 Å². The highest BCUT2D eigenvalue weighted by atomic mass is 35.5. The molecular weight excluding hydrogens is 400 g/mol. The first kappa shape index (κ1) is 20.9. The Bertz CT molecular complexity index is 1040. The van der Waals surface area contributed by atoms with E-state index in [2.05, 4.69) is 9.47 Å². The Labute approximate surface area is 182 Å². The molecular formula is C24H27ClN2O3. The number of ether oxygens (including phenoxy) is 2. The summed E-state index contributed by atoms with van der Waals surface area (Å²) in [5.41, 5.74) is 3.40. The molecule has 0 atom stereocenters. The molecule has 6 heteroatoms. The van der Waals surface area contributed by atoms with Crippen molar-refractivity contribution in [3.05, 3.63) is 64.3 Å².